The smallest absolute Gasteiger partial charge is 0.238 e. The van der Waals surface area contributed by atoms with Crippen LogP contribution in [0, 0.1) is 5.92 Å². The van der Waals surface area contributed by atoms with Crippen molar-refractivity contribution in [3.8, 4) is 0 Å². The summed E-state index contributed by atoms with van der Waals surface area (Å²) in [6, 6.07) is 0. The minimum atomic E-state index is -0.479. The number of carbonyl (C=O) groups is 1. The van der Waals surface area contributed by atoms with Crippen molar-refractivity contribution in [3.63, 3.8) is 0 Å². The summed E-state index contributed by atoms with van der Waals surface area (Å²) in [6.45, 7) is 7.24. The molecular weight excluding hydrogens is 208 g/mol. The van der Waals surface area contributed by atoms with Crippen LogP contribution in [-0.2, 0) is 4.79 Å². The molecule has 15 heavy (non-hydrogen) atoms. The van der Waals surface area contributed by atoms with Gasteiger partial charge in [-0.1, -0.05) is 20.8 Å². The summed E-state index contributed by atoms with van der Waals surface area (Å²) in [5.41, 5.74) is 5.09. The number of carbonyl (C=O) groups excluding carboxylic acids is 1. The number of hydrogen-bond donors (Lipinski definition) is 2. The number of primary amides is 1. The van der Waals surface area contributed by atoms with Gasteiger partial charge in [0.25, 0.3) is 0 Å². The molecule has 2 atom stereocenters. The van der Waals surface area contributed by atoms with Crippen LogP contribution < -0.4 is 11.1 Å². The van der Waals surface area contributed by atoms with Gasteiger partial charge in [-0.05, 0) is 31.1 Å². The summed E-state index contributed by atoms with van der Waals surface area (Å²) < 4.78 is 0. The van der Waals surface area contributed by atoms with Crippen molar-refractivity contribution in [1.29, 1.82) is 0 Å². The topological polar surface area (TPSA) is 55.1 Å². The first-order valence-electron chi connectivity index (χ1n) is 5.65. The molecule has 0 saturated carbocycles. The summed E-state index contributed by atoms with van der Waals surface area (Å²) in [4.78, 5) is 11.6. The van der Waals surface area contributed by atoms with Crippen LogP contribution in [0.15, 0.2) is 0 Å². The fraction of sp³-hybridized carbons (Fsp3) is 0.909. The Morgan fingerprint density at radius 2 is 2.33 bits per heavy atom. The van der Waals surface area contributed by atoms with Crippen LogP contribution in [-0.4, -0.2) is 29.0 Å². The molecule has 3 N–H and O–H groups in total. The van der Waals surface area contributed by atoms with Crippen LogP contribution in [0.2, 0.25) is 0 Å². The zero-order valence-corrected chi connectivity index (χ0v) is 10.7. The molecule has 0 spiro atoms. The number of nitrogens with two attached hydrogens (primary N) is 1. The van der Waals surface area contributed by atoms with E-state index >= 15 is 0 Å². The third-order valence-corrected chi connectivity index (χ3v) is 4.47. The molecular formula is C11H22N2OS. The number of amides is 1. The Kier molecular flexibility index (Phi) is 4.46. The van der Waals surface area contributed by atoms with Crippen LogP contribution in [0.25, 0.3) is 0 Å². The third-order valence-electron chi connectivity index (χ3n) is 3.04. The van der Waals surface area contributed by atoms with Gasteiger partial charge in [-0.25, -0.2) is 0 Å². The maximum atomic E-state index is 11.6. The SMILES string of the molecule is CC(C)CNC1(C(N)=O)CCCSC1C. The van der Waals surface area contributed by atoms with Crippen molar-refractivity contribution >= 4 is 17.7 Å². The van der Waals surface area contributed by atoms with Gasteiger partial charge >= 0.3 is 0 Å². The highest BCUT2D eigenvalue weighted by molar-refractivity contribution is 8.00. The number of hydrogen-bond acceptors (Lipinski definition) is 3. The van der Waals surface area contributed by atoms with Gasteiger partial charge in [0.15, 0.2) is 0 Å². The highest BCUT2D eigenvalue weighted by atomic mass is 32.2. The molecule has 1 aliphatic rings. The summed E-state index contributed by atoms with van der Waals surface area (Å²) in [7, 11) is 0. The minimum absolute atomic E-state index is 0.192. The quantitative estimate of drug-likeness (QED) is 0.767. The largest absolute Gasteiger partial charge is 0.368 e. The lowest BCUT2D eigenvalue weighted by atomic mass is 9.88. The molecule has 0 aromatic carbocycles. The molecule has 2 unspecified atom stereocenters. The van der Waals surface area contributed by atoms with Gasteiger partial charge in [-0.3, -0.25) is 4.79 Å². The maximum Gasteiger partial charge on any atom is 0.238 e. The number of rotatable bonds is 4. The molecule has 3 nitrogen and oxygen atoms in total. The normalized spacial score (nSPS) is 31.9. The van der Waals surface area contributed by atoms with Crippen molar-refractivity contribution < 1.29 is 4.79 Å². The lowest BCUT2D eigenvalue weighted by molar-refractivity contribution is -0.124. The van der Waals surface area contributed by atoms with Crippen molar-refractivity contribution in [3.05, 3.63) is 0 Å². The van der Waals surface area contributed by atoms with Crippen molar-refractivity contribution in [2.45, 2.75) is 44.4 Å². The van der Waals surface area contributed by atoms with Crippen LogP contribution in [0.4, 0.5) is 0 Å². The van der Waals surface area contributed by atoms with Gasteiger partial charge in [0.1, 0.15) is 5.54 Å². The molecule has 0 radical (unpaired) electrons. The summed E-state index contributed by atoms with van der Waals surface area (Å²) in [5, 5.41) is 3.67. The molecule has 4 heteroatoms. The molecule has 0 aromatic heterocycles. The van der Waals surface area contributed by atoms with Crippen LogP contribution in [0.3, 0.4) is 0 Å². The van der Waals surface area contributed by atoms with Crippen molar-refractivity contribution in [2.75, 3.05) is 12.3 Å². The first-order valence-corrected chi connectivity index (χ1v) is 6.70. The maximum absolute atomic E-state index is 11.6. The molecule has 0 aliphatic carbocycles. The van der Waals surface area contributed by atoms with Crippen LogP contribution >= 0.6 is 11.8 Å². The lowest BCUT2D eigenvalue weighted by Gasteiger charge is -2.40. The standard InChI is InChI=1S/C11H22N2OS/c1-8(2)7-13-11(10(12)14)5-4-6-15-9(11)3/h8-9,13H,4-7H2,1-3H3,(H2,12,14). The first-order chi connectivity index (χ1) is 6.99. The van der Waals surface area contributed by atoms with E-state index in [9.17, 15) is 4.79 Å². The minimum Gasteiger partial charge on any atom is -0.368 e. The van der Waals surface area contributed by atoms with Gasteiger partial charge in [0.05, 0.1) is 0 Å². The van der Waals surface area contributed by atoms with Crippen LogP contribution in [0.5, 0.6) is 0 Å². The van der Waals surface area contributed by atoms with E-state index in [1.807, 2.05) is 11.8 Å². The molecule has 88 valence electrons. The van der Waals surface area contributed by atoms with Gasteiger partial charge in [-0.2, -0.15) is 11.8 Å². The molecule has 1 rings (SSSR count). The van der Waals surface area contributed by atoms with E-state index in [-0.39, 0.29) is 11.2 Å². The lowest BCUT2D eigenvalue weighted by Crippen LogP contribution is -2.63. The number of thioether (sulfide) groups is 1. The van der Waals surface area contributed by atoms with E-state index in [1.54, 1.807) is 0 Å². The predicted molar refractivity (Wildman–Crippen MR) is 65.9 cm³/mol. The zero-order valence-electron chi connectivity index (χ0n) is 9.88. The predicted octanol–water partition coefficient (Wildman–Crippen LogP) is 1.37. The van der Waals surface area contributed by atoms with Gasteiger partial charge < -0.3 is 11.1 Å². The van der Waals surface area contributed by atoms with E-state index in [0.717, 1.165) is 25.1 Å². The average Bonchev–Trinajstić information content (AvgIpc) is 2.16. The Balaban J connectivity index is 2.72. The molecule has 0 aromatic rings. The summed E-state index contributed by atoms with van der Waals surface area (Å²) in [6.07, 6.45) is 1.95. The average molecular weight is 230 g/mol. The van der Waals surface area contributed by atoms with E-state index in [2.05, 4.69) is 26.1 Å². The van der Waals surface area contributed by atoms with Gasteiger partial charge in [-0.15, -0.1) is 0 Å². The molecule has 1 amide bonds. The number of nitrogens with one attached hydrogen (secondary N) is 1. The summed E-state index contributed by atoms with van der Waals surface area (Å²) >= 11 is 1.84. The molecule has 1 saturated heterocycles. The third kappa shape index (κ3) is 2.88. The van der Waals surface area contributed by atoms with Crippen molar-refractivity contribution in [2.24, 2.45) is 11.7 Å². The second kappa shape index (κ2) is 5.21. The molecule has 1 fully saturated rings. The second-order valence-corrected chi connectivity index (χ2v) is 6.18. The Morgan fingerprint density at radius 3 is 2.80 bits per heavy atom. The monoisotopic (exact) mass is 230 g/mol. The van der Waals surface area contributed by atoms with Gasteiger partial charge in [0, 0.05) is 5.25 Å². The highest BCUT2D eigenvalue weighted by Crippen LogP contribution is 2.33. The van der Waals surface area contributed by atoms with Crippen LogP contribution in [0.1, 0.15) is 33.6 Å². The van der Waals surface area contributed by atoms with Crippen molar-refractivity contribution in [1.82, 2.24) is 5.32 Å². The molecule has 1 aliphatic heterocycles. The zero-order chi connectivity index (χ0) is 11.5. The Bertz CT molecular complexity index is 233. The van der Waals surface area contributed by atoms with E-state index in [4.69, 9.17) is 5.73 Å². The Labute approximate surface area is 96.6 Å². The fourth-order valence-corrected chi connectivity index (χ4v) is 3.25. The fourth-order valence-electron chi connectivity index (χ4n) is 1.99. The molecule has 1 heterocycles. The van der Waals surface area contributed by atoms with E-state index in [1.165, 1.54) is 0 Å². The van der Waals surface area contributed by atoms with E-state index in [0.29, 0.717) is 5.92 Å². The highest BCUT2D eigenvalue weighted by Gasteiger charge is 2.43. The summed E-state index contributed by atoms with van der Waals surface area (Å²) in [5.74, 6) is 1.49. The Morgan fingerprint density at radius 1 is 1.67 bits per heavy atom. The second-order valence-electron chi connectivity index (χ2n) is 4.73. The van der Waals surface area contributed by atoms with E-state index < -0.39 is 5.54 Å². The Hall–Kier alpha value is -0.220. The molecule has 0 bridgehead atoms. The van der Waals surface area contributed by atoms with Gasteiger partial charge in [0.2, 0.25) is 5.91 Å². The first kappa shape index (κ1) is 12.8.